The fourth-order valence-corrected chi connectivity index (χ4v) is 2.89. The molecule has 0 saturated heterocycles. The maximum atomic E-state index is 11.7. The van der Waals surface area contributed by atoms with E-state index in [0.717, 1.165) is 21.8 Å². The Balaban J connectivity index is 2.39. The molecule has 2 aromatic rings. The molecule has 8 heteroatoms. The van der Waals surface area contributed by atoms with E-state index in [4.69, 9.17) is 9.84 Å². The van der Waals surface area contributed by atoms with Crippen molar-refractivity contribution < 1.29 is 19.4 Å². The monoisotopic (exact) mass is 372 g/mol. The van der Waals surface area contributed by atoms with E-state index in [2.05, 4.69) is 20.9 Å². The molecule has 0 unspecified atom stereocenters. The summed E-state index contributed by atoms with van der Waals surface area (Å²) in [7, 11) is 0. The van der Waals surface area contributed by atoms with Gasteiger partial charge in [0.15, 0.2) is 5.16 Å². The molecule has 0 spiro atoms. The number of carbonyl (C=O) groups excluding carboxylic acids is 1. The van der Waals surface area contributed by atoms with Crippen molar-refractivity contribution >= 4 is 50.7 Å². The molecule has 1 N–H and O–H groups in total. The largest absolute Gasteiger partial charge is 0.481 e. The van der Waals surface area contributed by atoms with Gasteiger partial charge in [-0.25, -0.2) is 4.98 Å². The van der Waals surface area contributed by atoms with Crippen LogP contribution in [0.5, 0.6) is 0 Å². The van der Waals surface area contributed by atoms with Crippen LogP contribution in [0.4, 0.5) is 0 Å². The lowest BCUT2D eigenvalue weighted by Gasteiger charge is -2.07. The number of halogens is 1. The number of esters is 1. The second-order valence-electron chi connectivity index (χ2n) is 4.10. The number of aliphatic carboxylic acids is 1. The Kier molecular flexibility index (Phi) is 5.24. The van der Waals surface area contributed by atoms with Crippen LogP contribution in [0.15, 0.2) is 27.8 Å². The fourth-order valence-electron chi connectivity index (χ4n) is 1.81. The van der Waals surface area contributed by atoms with Crippen LogP contribution in [0.25, 0.3) is 11.0 Å². The zero-order chi connectivity index (χ0) is 15.4. The van der Waals surface area contributed by atoms with Gasteiger partial charge in [-0.05, 0) is 25.1 Å². The number of imidazole rings is 1. The van der Waals surface area contributed by atoms with Crippen molar-refractivity contribution in [1.82, 2.24) is 9.55 Å². The van der Waals surface area contributed by atoms with Crippen LogP contribution < -0.4 is 0 Å². The van der Waals surface area contributed by atoms with Crippen molar-refractivity contribution in [2.75, 3.05) is 12.4 Å². The molecule has 0 aliphatic carbocycles. The van der Waals surface area contributed by atoms with E-state index >= 15 is 0 Å². The molecule has 6 nitrogen and oxygen atoms in total. The third kappa shape index (κ3) is 3.98. The molecule has 21 heavy (non-hydrogen) atoms. The minimum Gasteiger partial charge on any atom is -0.481 e. The van der Waals surface area contributed by atoms with E-state index in [0.29, 0.717) is 17.3 Å². The zero-order valence-corrected chi connectivity index (χ0v) is 13.6. The summed E-state index contributed by atoms with van der Waals surface area (Å²) in [6.07, 6.45) is 0. The number of carbonyl (C=O) groups is 2. The summed E-state index contributed by atoms with van der Waals surface area (Å²) in [4.78, 5) is 26.8. The van der Waals surface area contributed by atoms with Crippen LogP contribution in [0, 0.1) is 0 Å². The first-order valence-corrected chi connectivity index (χ1v) is 7.95. The number of nitrogens with zero attached hydrogens (tertiary/aromatic N) is 2. The summed E-state index contributed by atoms with van der Waals surface area (Å²) in [6.45, 7) is 2.05. The first-order chi connectivity index (χ1) is 10.0. The first kappa shape index (κ1) is 15.8. The number of benzene rings is 1. The molecule has 112 valence electrons. The van der Waals surface area contributed by atoms with Crippen molar-refractivity contribution in [1.29, 1.82) is 0 Å². The second kappa shape index (κ2) is 6.95. The average Bonchev–Trinajstić information content (AvgIpc) is 2.74. The Morgan fingerprint density at radius 3 is 2.90 bits per heavy atom. The van der Waals surface area contributed by atoms with E-state index in [1.807, 2.05) is 18.2 Å². The Morgan fingerprint density at radius 1 is 1.48 bits per heavy atom. The van der Waals surface area contributed by atoms with Crippen LogP contribution in [0.1, 0.15) is 6.92 Å². The van der Waals surface area contributed by atoms with Crippen LogP contribution in [0.2, 0.25) is 0 Å². The third-order valence-electron chi connectivity index (χ3n) is 2.59. The van der Waals surface area contributed by atoms with E-state index in [-0.39, 0.29) is 18.3 Å². The van der Waals surface area contributed by atoms with Crippen molar-refractivity contribution in [2.24, 2.45) is 0 Å². The predicted octanol–water partition coefficient (Wildman–Crippen LogP) is 2.54. The van der Waals surface area contributed by atoms with E-state index in [9.17, 15) is 9.59 Å². The number of ether oxygens (including phenoxy) is 1. The van der Waals surface area contributed by atoms with Gasteiger partial charge < -0.3 is 14.4 Å². The number of hydrogen-bond donors (Lipinski definition) is 1. The van der Waals surface area contributed by atoms with E-state index < -0.39 is 5.97 Å². The lowest BCUT2D eigenvalue weighted by Crippen LogP contribution is -2.14. The summed E-state index contributed by atoms with van der Waals surface area (Å²) >= 11 is 4.44. The van der Waals surface area contributed by atoms with Crippen LogP contribution in [0.3, 0.4) is 0 Å². The number of hydrogen-bond acceptors (Lipinski definition) is 5. The quantitative estimate of drug-likeness (QED) is 0.619. The van der Waals surface area contributed by atoms with Gasteiger partial charge in [0, 0.05) is 4.47 Å². The van der Waals surface area contributed by atoms with Gasteiger partial charge in [0.05, 0.1) is 23.4 Å². The standard InChI is InChI=1S/C13H13BrN2O4S/c1-2-20-12(19)6-16-10-4-3-8(14)5-9(10)15-13(16)21-7-11(17)18/h3-5H,2,6-7H2,1H3,(H,17,18). The van der Waals surface area contributed by atoms with Crippen LogP contribution in [-0.4, -0.2) is 39.0 Å². The van der Waals surface area contributed by atoms with Gasteiger partial charge >= 0.3 is 11.9 Å². The van der Waals surface area contributed by atoms with Gasteiger partial charge in [0.1, 0.15) is 6.54 Å². The molecule has 0 saturated carbocycles. The number of thioether (sulfide) groups is 1. The molecular formula is C13H13BrN2O4S. The summed E-state index contributed by atoms with van der Waals surface area (Å²) in [5.74, 6) is -1.43. The Morgan fingerprint density at radius 2 is 2.24 bits per heavy atom. The Hall–Kier alpha value is -1.54. The predicted molar refractivity (Wildman–Crippen MR) is 82.4 cm³/mol. The fraction of sp³-hybridized carbons (Fsp3) is 0.308. The molecule has 0 amide bonds. The molecule has 0 atom stereocenters. The molecule has 0 bridgehead atoms. The molecule has 2 rings (SSSR count). The number of carboxylic acid groups (broad SMARTS) is 1. The van der Waals surface area contributed by atoms with Crippen molar-refractivity contribution in [3.63, 3.8) is 0 Å². The van der Waals surface area contributed by atoms with Crippen molar-refractivity contribution in [3.05, 3.63) is 22.7 Å². The Labute approximate surface area is 133 Å². The summed E-state index contributed by atoms with van der Waals surface area (Å²) < 4.78 is 7.49. The maximum absolute atomic E-state index is 11.7. The molecule has 0 fully saturated rings. The number of fused-ring (bicyclic) bond motifs is 1. The van der Waals surface area contributed by atoms with Gasteiger partial charge in [0.2, 0.25) is 0 Å². The number of aromatic nitrogens is 2. The van der Waals surface area contributed by atoms with Gasteiger partial charge in [-0.2, -0.15) is 0 Å². The topological polar surface area (TPSA) is 81.4 Å². The summed E-state index contributed by atoms with van der Waals surface area (Å²) in [6, 6.07) is 5.50. The lowest BCUT2D eigenvalue weighted by molar-refractivity contribution is -0.143. The first-order valence-electron chi connectivity index (χ1n) is 6.17. The van der Waals surface area contributed by atoms with E-state index in [1.165, 1.54) is 0 Å². The molecule has 1 aromatic heterocycles. The molecule has 0 aliphatic rings. The minimum atomic E-state index is -0.934. The molecule has 0 aliphatic heterocycles. The number of carboxylic acids is 1. The van der Waals surface area contributed by atoms with Gasteiger partial charge in [0.25, 0.3) is 0 Å². The van der Waals surface area contributed by atoms with Crippen molar-refractivity contribution in [3.8, 4) is 0 Å². The molecule has 0 radical (unpaired) electrons. The van der Waals surface area contributed by atoms with E-state index in [1.54, 1.807) is 11.5 Å². The maximum Gasteiger partial charge on any atom is 0.326 e. The third-order valence-corrected chi connectivity index (χ3v) is 4.05. The van der Waals surface area contributed by atoms with Gasteiger partial charge in [-0.15, -0.1) is 0 Å². The highest BCUT2D eigenvalue weighted by Gasteiger charge is 2.16. The highest BCUT2D eigenvalue weighted by Crippen LogP contribution is 2.26. The molecule has 1 heterocycles. The summed E-state index contributed by atoms with van der Waals surface area (Å²) in [5, 5.41) is 9.28. The van der Waals surface area contributed by atoms with Gasteiger partial charge in [-0.3, -0.25) is 9.59 Å². The normalized spacial score (nSPS) is 10.8. The zero-order valence-electron chi connectivity index (χ0n) is 11.2. The second-order valence-corrected chi connectivity index (χ2v) is 5.96. The average molecular weight is 373 g/mol. The van der Waals surface area contributed by atoms with Crippen LogP contribution >= 0.6 is 27.7 Å². The number of rotatable bonds is 6. The summed E-state index contributed by atoms with van der Waals surface area (Å²) in [5.41, 5.74) is 1.46. The van der Waals surface area contributed by atoms with Gasteiger partial charge in [-0.1, -0.05) is 27.7 Å². The van der Waals surface area contributed by atoms with Crippen molar-refractivity contribution in [2.45, 2.75) is 18.6 Å². The minimum absolute atomic E-state index is 0.00786. The highest BCUT2D eigenvalue weighted by molar-refractivity contribution is 9.10. The lowest BCUT2D eigenvalue weighted by atomic mass is 10.3. The molecule has 1 aromatic carbocycles. The highest BCUT2D eigenvalue weighted by atomic mass is 79.9. The molecular weight excluding hydrogens is 360 g/mol. The van der Waals surface area contributed by atoms with Crippen LogP contribution in [-0.2, 0) is 20.9 Å². The SMILES string of the molecule is CCOC(=O)Cn1c(SCC(=O)O)nc2cc(Br)ccc21. The Bertz CT molecular complexity index is 686. The smallest absolute Gasteiger partial charge is 0.326 e.